The van der Waals surface area contributed by atoms with E-state index in [4.69, 9.17) is 0 Å². The molecule has 0 radical (unpaired) electrons. The zero-order valence-corrected chi connectivity index (χ0v) is 11.7. The minimum atomic E-state index is 0.624. The van der Waals surface area contributed by atoms with Crippen molar-refractivity contribution in [3.63, 3.8) is 0 Å². The fourth-order valence-electron chi connectivity index (χ4n) is 2.43. The molecule has 5 heteroatoms. The zero-order valence-electron chi connectivity index (χ0n) is 11.7. The molecule has 0 aliphatic carbocycles. The molecule has 1 N–H and O–H groups in total. The van der Waals surface area contributed by atoms with Crippen LogP contribution in [-0.4, -0.2) is 35.1 Å². The second-order valence-electron chi connectivity index (χ2n) is 4.95. The summed E-state index contributed by atoms with van der Waals surface area (Å²) in [5, 5.41) is 3.03. The SMILES string of the molecule is CNc1nc(-c2ccccc2)nc(N2CCCCC2)n1. The van der Waals surface area contributed by atoms with Gasteiger partial charge in [-0.05, 0) is 19.3 Å². The van der Waals surface area contributed by atoms with Gasteiger partial charge in [0.15, 0.2) is 5.82 Å². The lowest BCUT2D eigenvalue weighted by atomic mass is 10.1. The standard InChI is InChI=1S/C15H19N5/c1-16-14-17-13(12-8-4-2-5-9-12)18-15(19-14)20-10-6-3-7-11-20/h2,4-5,8-9H,3,6-7,10-11H2,1H3,(H,16,17,18,19). The topological polar surface area (TPSA) is 53.9 Å². The molecule has 0 unspecified atom stereocenters. The maximum Gasteiger partial charge on any atom is 0.230 e. The molecule has 1 aromatic carbocycles. The molecule has 1 aliphatic heterocycles. The third-order valence-electron chi connectivity index (χ3n) is 3.52. The van der Waals surface area contributed by atoms with Crippen molar-refractivity contribution in [2.45, 2.75) is 19.3 Å². The summed E-state index contributed by atoms with van der Waals surface area (Å²) in [4.78, 5) is 15.8. The van der Waals surface area contributed by atoms with Crippen LogP contribution in [0.5, 0.6) is 0 Å². The number of anilines is 2. The lowest BCUT2D eigenvalue weighted by Gasteiger charge is -2.26. The average molecular weight is 269 g/mol. The maximum atomic E-state index is 4.64. The molecule has 1 saturated heterocycles. The van der Waals surface area contributed by atoms with E-state index in [0.717, 1.165) is 30.4 Å². The van der Waals surface area contributed by atoms with Crippen molar-refractivity contribution in [3.8, 4) is 11.4 Å². The van der Waals surface area contributed by atoms with Gasteiger partial charge in [0, 0.05) is 25.7 Å². The van der Waals surface area contributed by atoms with E-state index >= 15 is 0 Å². The third kappa shape index (κ3) is 2.71. The lowest BCUT2D eigenvalue weighted by molar-refractivity contribution is 0.568. The quantitative estimate of drug-likeness (QED) is 0.928. The predicted octanol–water partition coefficient (Wildman–Crippen LogP) is 2.57. The molecule has 0 amide bonds. The summed E-state index contributed by atoms with van der Waals surface area (Å²) in [6, 6.07) is 10.0. The fourth-order valence-corrected chi connectivity index (χ4v) is 2.43. The molecule has 1 aromatic heterocycles. The van der Waals surface area contributed by atoms with Crippen molar-refractivity contribution in [2.24, 2.45) is 0 Å². The van der Waals surface area contributed by atoms with Crippen LogP contribution >= 0.6 is 0 Å². The van der Waals surface area contributed by atoms with Crippen molar-refractivity contribution in [3.05, 3.63) is 30.3 Å². The van der Waals surface area contributed by atoms with Gasteiger partial charge in [0.05, 0.1) is 0 Å². The fraction of sp³-hybridized carbons (Fsp3) is 0.400. The van der Waals surface area contributed by atoms with Gasteiger partial charge in [-0.1, -0.05) is 30.3 Å². The molecule has 0 bridgehead atoms. The van der Waals surface area contributed by atoms with E-state index in [-0.39, 0.29) is 0 Å². The second-order valence-corrected chi connectivity index (χ2v) is 4.95. The van der Waals surface area contributed by atoms with E-state index in [1.807, 2.05) is 37.4 Å². The van der Waals surface area contributed by atoms with Crippen molar-refractivity contribution in [1.82, 2.24) is 15.0 Å². The van der Waals surface area contributed by atoms with Gasteiger partial charge >= 0.3 is 0 Å². The first-order valence-corrected chi connectivity index (χ1v) is 7.11. The zero-order chi connectivity index (χ0) is 13.8. The van der Waals surface area contributed by atoms with Crippen LogP contribution in [0.2, 0.25) is 0 Å². The van der Waals surface area contributed by atoms with Crippen molar-refractivity contribution in [2.75, 3.05) is 30.4 Å². The summed E-state index contributed by atoms with van der Waals surface area (Å²) in [5.41, 5.74) is 1.02. The largest absolute Gasteiger partial charge is 0.357 e. The minimum absolute atomic E-state index is 0.624. The predicted molar refractivity (Wildman–Crippen MR) is 80.9 cm³/mol. The Kier molecular flexibility index (Phi) is 3.76. The van der Waals surface area contributed by atoms with Crippen LogP contribution < -0.4 is 10.2 Å². The van der Waals surface area contributed by atoms with E-state index in [0.29, 0.717) is 5.95 Å². The van der Waals surface area contributed by atoms with Crippen LogP contribution in [-0.2, 0) is 0 Å². The van der Waals surface area contributed by atoms with Gasteiger partial charge in [-0.25, -0.2) is 0 Å². The molecule has 104 valence electrons. The molecule has 0 saturated carbocycles. The van der Waals surface area contributed by atoms with Crippen LogP contribution in [0.4, 0.5) is 11.9 Å². The summed E-state index contributed by atoms with van der Waals surface area (Å²) in [6.07, 6.45) is 3.72. The molecule has 2 aromatic rings. The molecule has 20 heavy (non-hydrogen) atoms. The summed E-state index contributed by atoms with van der Waals surface area (Å²) in [7, 11) is 1.84. The third-order valence-corrected chi connectivity index (χ3v) is 3.52. The highest BCUT2D eigenvalue weighted by atomic mass is 15.3. The summed E-state index contributed by atoms with van der Waals surface area (Å²) in [6.45, 7) is 2.06. The van der Waals surface area contributed by atoms with Gasteiger partial charge in [-0.2, -0.15) is 15.0 Å². The first-order valence-electron chi connectivity index (χ1n) is 7.11. The van der Waals surface area contributed by atoms with E-state index in [1.165, 1.54) is 19.3 Å². The number of piperidine rings is 1. The van der Waals surface area contributed by atoms with Crippen LogP contribution in [0.25, 0.3) is 11.4 Å². The van der Waals surface area contributed by atoms with Crippen molar-refractivity contribution < 1.29 is 0 Å². The molecule has 0 atom stereocenters. The lowest BCUT2D eigenvalue weighted by Crippen LogP contribution is -2.31. The molecule has 5 nitrogen and oxygen atoms in total. The molecular weight excluding hydrogens is 250 g/mol. The van der Waals surface area contributed by atoms with Crippen molar-refractivity contribution >= 4 is 11.9 Å². The number of nitrogens with one attached hydrogen (secondary N) is 1. The van der Waals surface area contributed by atoms with Crippen LogP contribution in [0, 0.1) is 0 Å². The van der Waals surface area contributed by atoms with Crippen LogP contribution in [0.15, 0.2) is 30.3 Å². The molecular formula is C15H19N5. The van der Waals surface area contributed by atoms with Crippen LogP contribution in [0.1, 0.15) is 19.3 Å². The molecule has 2 heterocycles. The van der Waals surface area contributed by atoms with E-state index < -0.39 is 0 Å². The molecule has 0 spiro atoms. The summed E-state index contributed by atoms with van der Waals surface area (Å²) < 4.78 is 0. The second kappa shape index (κ2) is 5.86. The Hall–Kier alpha value is -2.17. The Morgan fingerprint density at radius 3 is 2.40 bits per heavy atom. The summed E-state index contributed by atoms with van der Waals surface area (Å²) in [5.74, 6) is 2.13. The number of aromatic nitrogens is 3. The average Bonchev–Trinajstić information content (AvgIpc) is 2.56. The number of hydrogen-bond acceptors (Lipinski definition) is 5. The smallest absolute Gasteiger partial charge is 0.230 e. The number of hydrogen-bond donors (Lipinski definition) is 1. The normalized spacial score (nSPS) is 15.2. The first-order chi connectivity index (χ1) is 9.86. The number of benzene rings is 1. The Labute approximate surface area is 119 Å². The monoisotopic (exact) mass is 269 g/mol. The van der Waals surface area contributed by atoms with E-state index in [1.54, 1.807) is 0 Å². The highest BCUT2D eigenvalue weighted by Gasteiger charge is 2.16. The number of nitrogens with zero attached hydrogens (tertiary/aromatic N) is 4. The highest BCUT2D eigenvalue weighted by Crippen LogP contribution is 2.21. The Morgan fingerprint density at radius 2 is 1.70 bits per heavy atom. The first kappa shape index (κ1) is 12.8. The Balaban J connectivity index is 1.98. The molecule has 3 rings (SSSR count). The van der Waals surface area contributed by atoms with E-state index in [2.05, 4.69) is 25.2 Å². The van der Waals surface area contributed by atoms with Gasteiger partial charge in [0.1, 0.15) is 0 Å². The Bertz CT molecular complexity index is 564. The minimum Gasteiger partial charge on any atom is -0.357 e. The maximum absolute atomic E-state index is 4.64. The number of rotatable bonds is 3. The highest BCUT2D eigenvalue weighted by molar-refractivity contribution is 5.58. The van der Waals surface area contributed by atoms with Crippen molar-refractivity contribution in [1.29, 1.82) is 0 Å². The summed E-state index contributed by atoms with van der Waals surface area (Å²) >= 11 is 0. The van der Waals surface area contributed by atoms with Gasteiger partial charge < -0.3 is 10.2 Å². The molecule has 1 aliphatic rings. The Morgan fingerprint density at radius 1 is 0.950 bits per heavy atom. The van der Waals surface area contributed by atoms with Gasteiger partial charge in [0.25, 0.3) is 0 Å². The van der Waals surface area contributed by atoms with Gasteiger partial charge in [0.2, 0.25) is 11.9 Å². The molecule has 1 fully saturated rings. The van der Waals surface area contributed by atoms with Gasteiger partial charge in [-0.15, -0.1) is 0 Å². The van der Waals surface area contributed by atoms with Crippen LogP contribution in [0.3, 0.4) is 0 Å². The van der Waals surface area contributed by atoms with Gasteiger partial charge in [-0.3, -0.25) is 0 Å². The van der Waals surface area contributed by atoms with E-state index in [9.17, 15) is 0 Å².